The first-order chi connectivity index (χ1) is 13.0. The van der Waals surface area contributed by atoms with Crippen LogP contribution < -0.4 is 36.6 Å². The molecule has 0 saturated heterocycles. The molecule has 0 spiro atoms. The minimum Gasteiger partial charge on any atom is -1.00 e. The zero-order valence-corrected chi connectivity index (χ0v) is 18.8. The van der Waals surface area contributed by atoms with Gasteiger partial charge >= 0.3 is 0 Å². The van der Waals surface area contributed by atoms with Gasteiger partial charge in [-0.2, -0.15) is 0 Å². The summed E-state index contributed by atoms with van der Waals surface area (Å²) in [7, 11) is 3.99. The lowest BCUT2D eigenvalue weighted by molar-refractivity contribution is -0.673. The van der Waals surface area contributed by atoms with Crippen LogP contribution in [0.15, 0.2) is 52.3 Å². The van der Waals surface area contributed by atoms with E-state index in [2.05, 4.69) is 11.0 Å². The molecule has 4 nitrogen and oxygen atoms in total. The first-order valence-electron chi connectivity index (χ1n) is 8.61. The third-order valence-electron chi connectivity index (χ3n) is 4.58. The number of anilines is 1. The van der Waals surface area contributed by atoms with E-state index in [0.717, 1.165) is 30.5 Å². The highest BCUT2D eigenvalue weighted by atomic mass is 35.5. The van der Waals surface area contributed by atoms with E-state index in [1.54, 1.807) is 11.8 Å². The molecule has 1 aromatic carbocycles. The summed E-state index contributed by atoms with van der Waals surface area (Å²) >= 11 is 9.32. The summed E-state index contributed by atoms with van der Waals surface area (Å²) in [6, 6.07) is 11.9. The largest absolute Gasteiger partial charge is 1.00 e. The number of pyridine rings is 1. The second-order valence-corrected chi connectivity index (χ2v) is 8.78. The van der Waals surface area contributed by atoms with Gasteiger partial charge in [0.1, 0.15) is 21.3 Å². The molecule has 0 unspecified atom stereocenters. The van der Waals surface area contributed by atoms with Crippen LogP contribution in [0, 0.1) is 0 Å². The van der Waals surface area contributed by atoms with Gasteiger partial charge in [-0.3, -0.25) is 9.36 Å². The smallest absolute Gasteiger partial charge is 0.271 e. The van der Waals surface area contributed by atoms with Crippen molar-refractivity contribution in [2.75, 3.05) is 11.9 Å². The lowest BCUT2D eigenvalue weighted by Gasteiger charge is -2.12. The molecule has 2 aromatic heterocycles. The van der Waals surface area contributed by atoms with Gasteiger partial charge < -0.3 is 17.3 Å². The molecule has 0 saturated carbocycles. The first kappa shape index (κ1) is 21.0. The molecule has 0 atom stereocenters. The van der Waals surface area contributed by atoms with E-state index < -0.39 is 0 Å². The normalized spacial score (nSPS) is 15.6. The van der Waals surface area contributed by atoms with Crippen molar-refractivity contribution >= 4 is 51.5 Å². The monoisotopic (exact) mass is 451 g/mol. The number of fused-ring (bicyclic) bond motifs is 1. The number of aryl methyl sites for hydroxylation is 1. The van der Waals surface area contributed by atoms with Crippen LogP contribution in [0.5, 0.6) is 0 Å². The summed E-state index contributed by atoms with van der Waals surface area (Å²) < 4.78 is 5.60. The Morgan fingerprint density at radius 1 is 1.25 bits per heavy atom. The topological polar surface area (TPSA) is 29.1 Å². The second-order valence-electron chi connectivity index (χ2n) is 6.28. The zero-order valence-electron chi connectivity index (χ0n) is 15.6. The van der Waals surface area contributed by atoms with Crippen molar-refractivity contribution in [1.82, 2.24) is 4.57 Å². The summed E-state index contributed by atoms with van der Waals surface area (Å²) in [5.41, 5.74) is 2.15. The van der Waals surface area contributed by atoms with E-state index in [0.29, 0.717) is 11.6 Å². The van der Waals surface area contributed by atoms with E-state index in [9.17, 15) is 4.79 Å². The number of thiazole rings is 1. The maximum absolute atomic E-state index is 13.1. The van der Waals surface area contributed by atoms with E-state index in [1.807, 2.05) is 72.7 Å². The fourth-order valence-corrected chi connectivity index (χ4v) is 5.71. The van der Waals surface area contributed by atoms with Gasteiger partial charge in [0.05, 0.1) is 5.69 Å². The Balaban J connectivity index is 0.00000225. The predicted molar refractivity (Wildman–Crippen MR) is 114 cm³/mol. The number of nitrogens with zero attached hydrogens (tertiary/aromatic N) is 3. The quantitative estimate of drug-likeness (QED) is 0.494. The third-order valence-corrected chi connectivity index (χ3v) is 7.30. The molecule has 0 radical (unpaired) electrons. The maximum atomic E-state index is 13.1. The van der Waals surface area contributed by atoms with E-state index in [-0.39, 0.29) is 18.0 Å². The van der Waals surface area contributed by atoms with Crippen LogP contribution in [0.2, 0.25) is 5.02 Å². The van der Waals surface area contributed by atoms with Crippen LogP contribution in [0.25, 0.3) is 11.1 Å². The zero-order chi connectivity index (χ0) is 19.1. The number of aromatic nitrogens is 2. The number of halogens is 2. The van der Waals surface area contributed by atoms with Crippen molar-refractivity contribution < 1.29 is 17.0 Å². The molecule has 0 aliphatic carbocycles. The molecule has 4 rings (SSSR count). The van der Waals surface area contributed by atoms with Gasteiger partial charge in [0.15, 0.2) is 6.20 Å². The van der Waals surface area contributed by atoms with E-state index >= 15 is 0 Å². The average Bonchev–Trinajstić information content (AvgIpc) is 3.14. The predicted octanol–water partition coefficient (Wildman–Crippen LogP) is -0.452. The molecular weight excluding hydrogens is 433 g/mol. The van der Waals surface area contributed by atoms with Gasteiger partial charge in [0.25, 0.3) is 5.56 Å². The summed E-state index contributed by atoms with van der Waals surface area (Å²) in [5.74, 6) is 0. The van der Waals surface area contributed by atoms with Crippen LogP contribution in [0.1, 0.15) is 12.6 Å². The van der Waals surface area contributed by atoms with Gasteiger partial charge in [-0.05, 0) is 31.2 Å². The fraction of sp³-hybridized carbons (Fsp3) is 0.200. The fourth-order valence-electron chi connectivity index (χ4n) is 3.10. The van der Waals surface area contributed by atoms with E-state index in [4.69, 9.17) is 11.6 Å². The Morgan fingerprint density at radius 2 is 2.04 bits per heavy atom. The Hall–Kier alpha value is -1.73. The van der Waals surface area contributed by atoms with Gasteiger partial charge in [-0.1, -0.05) is 23.4 Å². The SMILES string of the molecule is CCn1c(=O)/c(=C2\Sc3ccc(Cl)cc3N2C)s/c1=C\c1cccc[n+]1C.[Cl-]. The van der Waals surface area contributed by atoms with Gasteiger partial charge in [0, 0.05) is 41.7 Å². The molecule has 28 heavy (non-hydrogen) atoms. The number of benzene rings is 1. The van der Waals surface area contributed by atoms with Crippen LogP contribution in [-0.2, 0) is 13.6 Å². The molecule has 0 fully saturated rings. The molecule has 146 valence electrons. The third kappa shape index (κ3) is 3.62. The average molecular weight is 452 g/mol. The molecule has 1 aliphatic rings. The highest BCUT2D eigenvalue weighted by Gasteiger charge is 2.25. The van der Waals surface area contributed by atoms with Gasteiger partial charge in [0.2, 0.25) is 5.69 Å². The van der Waals surface area contributed by atoms with Crippen molar-refractivity contribution in [1.29, 1.82) is 0 Å². The summed E-state index contributed by atoms with van der Waals surface area (Å²) in [6.07, 6.45) is 4.08. The molecule has 3 aromatic rings. The lowest BCUT2D eigenvalue weighted by atomic mass is 10.3. The number of thioether (sulfide) groups is 1. The molecule has 0 amide bonds. The lowest BCUT2D eigenvalue weighted by Crippen LogP contribution is -3.00. The Labute approximate surface area is 182 Å². The van der Waals surface area contributed by atoms with Crippen molar-refractivity contribution in [3.8, 4) is 0 Å². The summed E-state index contributed by atoms with van der Waals surface area (Å²) in [5, 5.41) is 1.66. The van der Waals surface area contributed by atoms with Crippen molar-refractivity contribution in [2.45, 2.75) is 18.4 Å². The Kier molecular flexibility index (Phi) is 6.25. The van der Waals surface area contributed by atoms with Gasteiger partial charge in [-0.15, -0.1) is 11.3 Å². The summed E-state index contributed by atoms with van der Waals surface area (Å²) in [4.78, 5) is 16.3. The van der Waals surface area contributed by atoms with Crippen LogP contribution in [0.3, 0.4) is 0 Å². The van der Waals surface area contributed by atoms with E-state index in [1.165, 1.54) is 11.3 Å². The number of hydrogen-bond acceptors (Lipinski definition) is 4. The number of rotatable bonds is 2. The molecule has 0 N–H and O–H groups in total. The standard InChI is InChI=1S/C20H19ClN3OS2.ClH/c1-4-24-17(12-14-7-5-6-10-22(14)2)27-18(19(24)25)20-23(3)15-11-13(21)8-9-16(15)26-20;/h5-12H,4H2,1-3H3;1H/q+1;/p-1/b20-18+;. The molecule has 3 heterocycles. The van der Waals surface area contributed by atoms with Crippen molar-refractivity contribution in [2.24, 2.45) is 7.05 Å². The minimum absolute atomic E-state index is 0. The van der Waals surface area contributed by atoms with Crippen LogP contribution in [-0.4, -0.2) is 11.6 Å². The van der Waals surface area contributed by atoms with Crippen LogP contribution in [0.4, 0.5) is 5.69 Å². The number of hydrogen-bond donors (Lipinski definition) is 0. The maximum Gasteiger partial charge on any atom is 0.271 e. The minimum atomic E-state index is 0. The molecule has 8 heteroatoms. The Bertz CT molecular complexity index is 1220. The van der Waals surface area contributed by atoms with Crippen LogP contribution >= 0.6 is 34.7 Å². The van der Waals surface area contributed by atoms with Crippen molar-refractivity contribution in [3.05, 3.63) is 72.9 Å². The highest BCUT2D eigenvalue weighted by Crippen LogP contribution is 2.46. The first-order valence-corrected chi connectivity index (χ1v) is 10.6. The van der Waals surface area contributed by atoms with Crippen molar-refractivity contribution in [3.63, 3.8) is 0 Å². The second kappa shape index (κ2) is 8.33. The Morgan fingerprint density at radius 3 is 2.75 bits per heavy atom. The highest BCUT2D eigenvalue weighted by molar-refractivity contribution is 8.08. The molecular formula is C20H19Cl2N3OS2. The summed E-state index contributed by atoms with van der Waals surface area (Å²) in [6.45, 7) is 2.64. The van der Waals surface area contributed by atoms with Gasteiger partial charge in [-0.25, -0.2) is 4.57 Å². The molecule has 1 aliphatic heterocycles. The molecule has 0 bridgehead atoms.